The molecular weight excluding hydrogens is 243 g/mol. The van der Waals surface area contributed by atoms with Gasteiger partial charge in [-0.05, 0) is 25.0 Å². The summed E-state index contributed by atoms with van der Waals surface area (Å²) in [4.78, 5) is 11.7. The monoisotopic (exact) mass is 266 g/mol. The van der Waals surface area contributed by atoms with E-state index >= 15 is 0 Å². The summed E-state index contributed by atoms with van der Waals surface area (Å²) in [5, 5.41) is 0. The van der Waals surface area contributed by atoms with Crippen molar-refractivity contribution in [3.05, 3.63) is 35.1 Å². The fourth-order valence-corrected chi connectivity index (χ4v) is 1.93. The molecule has 0 N–H and O–H groups in total. The standard InChI is InChI=1S/C16H23FO2/c1-3-4-5-6-7-8-12-19-16(18)14-11-9-10-13(2)15(14)17/h9-11H,3-8,12H2,1-2H3. The van der Waals surface area contributed by atoms with Gasteiger partial charge in [-0.25, -0.2) is 9.18 Å². The Balaban J connectivity index is 2.26. The number of carbonyl (C=O) groups excluding carboxylic acids is 1. The van der Waals surface area contributed by atoms with Crippen molar-refractivity contribution in [1.29, 1.82) is 0 Å². The fraction of sp³-hybridized carbons (Fsp3) is 0.562. The smallest absolute Gasteiger partial charge is 0.341 e. The highest BCUT2D eigenvalue weighted by Crippen LogP contribution is 2.13. The first-order chi connectivity index (χ1) is 9.16. The third kappa shape index (κ3) is 5.41. The van der Waals surface area contributed by atoms with Crippen LogP contribution in [0.25, 0.3) is 0 Å². The van der Waals surface area contributed by atoms with Crippen LogP contribution in [0.15, 0.2) is 18.2 Å². The first-order valence-corrected chi connectivity index (χ1v) is 7.09. The molecule has 1 aromatic rings. The molecule has 0 aliphatic rings. The van der Waals surface area contributed by atoms with Gasteiger partial charge in [0.2, 0.25) is 0 Å². The van der Waals surface area contributed by atoms with Crippen molar-refractivity contribution in [3.63, 3.8) is 0 Å². The van der Waals surface area contributed by atoms with E-state index in [9.17, 15) is 9.18 Å². The first-order valence-electron chi connectivity index (χ1n) is 7.09. The van der Waals surface area contributed by atoms with Crippen molar-refractivity contribution in [2.75, 3.05) is 6.61 Å². The second-order valence-corrected chi connectivity index (χ2v) is 4.84. The predicted molar refractivity (Wildman–Crippen MR) is 74.8 cm³/mol. The zero-order valence-corrected chi connectivity index (χ0v) is 11.9. The molecule has 0 aliphatic heterocycles. The minimum atomic E-state index is -0.560. The van der Waals surface area contributed by atoms with Gasteiger partial charge < -0.3 is 4.74 Å². The van der Waals surface area contributed by atoms with Crippen LogP contribution in [0.4, 0.5) is 4.39 Å². The summed E-state index contributed by atoms with van der Waals surface area (Å²) in [6.45, 7) is 4.19. The van der Waals surface area contributed by atoms with Crippen molar-refractivity contribution in [2.24, 2.45) is 0 Å². The number of halogens is 1. The summed E-state index contributed by atoms with van der Waals surface area (Å²) in [6, 6.07) is 4.77. The molecule has 1 rings (SSSR count). The largest absolute Gasteiger partial charge is 0.462 e. The number of esters is 1. The Kier molecular flexibility index (Phi) is 7.16. The van der Waals surface area contributed by atoms with Gasteiger partial charge in [0.1, 0.15) is 5.82 Å². The molecule has 0 aliphatic carbocycles. The number of ether oxygens (including phenoxy) is 1. The number of benzene rings is 1. The van der Waals surface area contributed by atoms with Crippen molar-refractivity contribution >= 4 is 5.97 Å². The summed E-state index contributed by atoms with van der Waals surface area (Å²) >= 11 is 0. The quantitative estimate of drug-likeness (QED) is 0.505. The normalized spacial score (nSPS) is 10.5. The molecule has 0 spiro atoms. The lowest BCUT2D eigenvalue weighted by Gasteiger charge is -2.06. The molecule has 0 saturated carbocycles. The molecule has 0 unspecified atom stereocenters. The third-order valence-electron chi connectivity index (χ3n) is 3.14. The second kappa shape index (κ2) is 8.68. The molecule has 0 bridgehead atoms. The van der Waals surface area contributed by atoms with Crippen LogP contribution in [0.1, 0.15) is 61.4 Å². The number of hydrogen-bond donors (Lipinski definition) is 0. The topological polar surface area (TPSA) is 26.3 Å². The van der Waals surface area contributed by atoms with E-state index in [4.69, 9.17) is 4.74 Å². The van der Waals surface area contributed by atoms with E-state index in [0.29, 0.717) is 12.2 Å². The summed E-state index contributed by atoms with van der Waals surface area (Å²) in [6.07, 6.45) is 6.80. The maximum Gasteiger partial charge on any atom is 0.341 e. The Hall–Kier alpha value is -1.38. The Labute approximate surface area is 115 Å². The van der Waals surface area contributed by atoms with Crippen LogP contribution in [0.5, 0.6) is 0 Å². The lowest BCUT2D eigenvalue weighted by atomic mass is 10.1. The van der Waals surface area contributed by atoms with E-state index in [1.165, 1.54) is 31.7 Å². The Morgan fingerprint density at radius 3 is 2.58 bits per heavy atom. The maximum absolute atomic E-state index is 13.7. The van der Waals surface area contributed by atoms with Crippen molar-refractivity contribution in [3.8, 4) is 0 Å². The second-order valence-electron chi connectivity index (χ2n) is 4.84. The summed E-state index contributed by atoms with van der Waals surface area (Å²) in [5.41, 5.74) is 0.500. The highest BCUT2D eigenvalue weighted by molar-refractivity contribution is 5.89. The molecule has 0 aromatic heterocycles. The van der Waals surface area contributed by atoms with E-state index in [2.05, 4.69) is 6.92 Å². The van der Waals surface area contributed by atoms with Crippen LogP contribution >= 0.6 is 0 Å². The van der Waals surface area contributed by atoms with Gasteiger partial charge in [0.25, 0.3) is 0 Å². The van der Waals surface area contributed by atoms with Crippen LogP contribution in [-0.2, 0) is 4.74 Å². The average molecular weight is 266 g/mol. The van der Waals surface area contributed by atoms with Gasteiger partial charge in [-0.3, -0.25) is 0 Å². The van der Waals surface area contributed by atoms with Crippen molar-refractivity contribution in [1.82, 2.24) is 0 Å². The van der Waals surface area contributed by atoms with Crippen LogP contribution in [0, 0.1) is 12.7 Å². The zero-order valence-electron chi connectivity index (χ0n) is 11.9. The highest BCUT2D eigenvalue weighted by Gasteiger charge is 2.13. The minimum Gasteiger partial charge on any atom is -0.462 e. The van der Waals surface area contributed by atoms with Crippen molar-refractivity contribution < 1.29 is 13.9 Å². The third-order valence-corrected chi connectivity index (χ3v) is 3.14. The summed E-state index contributed by atoms with van der Waals surface area (Å²) in [5.74, 6) is -1.04. The lowest BCUT2D eigenvalue weighted by Crippen LogP contribution is -2.09. The molecular formula is C16H23FO2. The minimum absolute atomic E-state index is 0.0333. The highest BCUT2D eigenvalue weighted by atomic mass is 19.1. The van der Waals surface area contributed by atoms with Gasteiger partial charge in [0.05, 0.1) is 12.2 Å². The number of unbranched alkanes of at least 4 members (excludes halogenated alkanes) is 5. The van der Waals surface area contributed by atoms with Gasteiger partial charge in [-0.1, -0.05) is 51.2 Å². The molecule has 1 aromatic carbocycles. The van der Waals surface area contributed by atoms with E-state index < -0.39 is 11.8 Å². The zero-order chi connectivity index (χ0) is 14.1. The number of hydrogen-bond acceptors (Lipinski definition) is 2. The van der Waals surface area contributed by atoms with Crippen LogP contribution in [0.2, 0.25) is 0 Å². The van der Waals surface area contributed by atoms with Crippen molar-refractivity contribution in [2.45, 2.75) is 52.4 Å². The Morgan fingerprint density at radius 1 is 1.16 bits per heavy atom. The number of carbonyl (C=O) groups is 1. The Bertz CT molecular complexity index is 402. The maximum atomic E-state index is 13.7. The van der Waals surface area contributed by atoms with Crippen LogP contribution in [-0.4, -0.2) is 12.6 Å². The van der Waals surface area contributed by atoms with E-state index in [1.807, 2.05) is 0 Å². The molecule has 19 heavy (non-hydrogen) atoms. The molecule has 0 saturated heterocycles. The number of rotatable bonds is 8. The molecule has 2 nitrogen and oxygen atoms in total. The van der Waals surface area contributed by atoms with E-state index in [-0.39, 0.29) is 5.56 Å². The first kappa shape index (κ1) is 15.7. The Morgan fingerprint density at radius 2 is 1.84 bits per heavy atom. The van der Waals surface area contributed by atoms with Gasteiger partial charge in [0, 0.05) is 0 Å². The predicted octanol–water partition coefficient (Wildman–Crippen LogP) is 4.65. The lowest BCUT2D eigenvalue weighted by molar-refractivity contribution is 0.0492. The van der Waals surface area contributed by atoms with Gasteiger partial charge in [-0.2, -0.15) is 0 Å². The van der Waals surface area contributed by atoms with Gasteiger partial charge in [-0.15, -0.1) is 0 Å². The van der Waals surface area contributed by atoms with Gasteiger partial charge >= 0.3 is 5.97 Å². The van der Waals surface area contributed by atoms with Crippen LogP contribution in [0.3, 0.4) is 0 Å². The van der Waals surface area contributed by atoms with E-state index in [0.717, 1.165) is 12.8 Å². The molecule has 0 atom stereocenters. The van der Waals surface area contributed by atoms with Crippen LogP contribution < -0.4 is 0 Å². The molecule has 3 heteroatoms. The fourth-order valence-electron chi connectivity index (χ4n) is 1.93. The number of aryl methyl sites for hydroxylation is 1. The molecule has 0 amide bonds. The molecule has 106 valence electrons. The van der Waals surface area contributed by atoms with Gasteiger partial charge in [0.15, 0.2) is 0 Å². The molecule has 0 fully saturated rings. The SMILES string of the molecule is CCCCCCCCOC(=O)c1cccc(C)c1F. The van der Waals surface area contributed by atoms with E-state index in [1.54, 1.807) is 19.1 Å². The molecule has 0 heterocycles. The average Bonchev–Trinajstić information content (AvgIpc) is 2.40. The summed E-state index contributed by atoms with van der Waals surface area (Å²) in [7, 11) is 0. The summed E-state index contributed by atoms with van der Waals surface area (Å²) < 4.78 is 18.8. The molecule has 0 radical (unpaired) electrons.